The molecule has 4 heteroatoms. The largest absolute Gasteiger partial charge is 0.348 e. The lowest BCUT2D eigenvalue weighted by Crippen LogP contribution is -2.30. The van der Waals surface area contributed by atoms with E-state index in [4.69, 9.17) is 0 Å². The molecule has 0 saturated heterocycles. The predicted octanol–water partition coefficient (Wildman–Crippen LogP) is 3.12. The Morgan fingerprint density at radius 1 is 1.38 bits per heavy atom. The van der Waals surface area contributed by atoms with E-state index in [1.165, 1.54) is 0 Å². The zero-order valence-corrected chi connectivity index (χ0v) is 12.0. The van der Waals surface area contributed by atoms with Crippen LogP contribution < -0.4 is 0 Å². The molecule has 0 saturated carbocycles. The van der Waals surface area contributed by atoms with Gasteiger partial charge in [0.1, 0.15) is 0 Å². The molecule has 0 spiro atoms. The van der Waals surface area contributed by atoms with E-state index in [0.29, 0.717) is 0 Å². The highest BCUT2D eigenvalue weighted by molar-refractivity contribution is 5.95. The van der Waals surface area contributed by atoms with Crippen molar-refractivity contribution in [1.29, 1.82) is 0 Å². The third-order valence-corrected chi connectivity index (χ3v) is 4.48. The van der Waals surface area contributed by atoms with Gasteiger partial charge in [-0.2, -0.15) is 0 Å². The van der Waals surface area contributed by atoms with Crippen molar-refractivity contribution in [2.75, 3.05) is 0 Å². The van der Waals surface area contributed by atoms with Crippen molar-refractivity contribution < 1.29 is 4.79 Å². The van der Waals surface area contributed by atoms with Crippen LogP contribution in [0.3, 0.4) is 0 Å². The van der Waals surface area contributed by atoms with Gasteiger partial charge >= 0.3 is 0 Å². The summed E-state index contributed by atoms with van der Waals surface area (Å²) in [6, 6.07) is 10.2. The number of aromatic nitrogens is 3. The lowest BCUT2D eigenvalue weighted by Gasteiger charge is -2.23. The van der Waals surface area contributed by atoms with E-state index in [0.717, 1.165) is 47.2 Å². The summed E-state index contributed by atoms with van der Waals surface area (Å²) < 4.78 is 1.91. The van der Waals surface area contributed by atoms with Crippen molar-refractivity contribution in [3.63, 3.8) is 0 Å². The van der Waals surface area contributed by atoms with Gasteiger partial charge in [-0.3, -0.25) is 9.36 Å². The number of carbonyl (C=O) groups is 1. The molecule has 1 aliphatic rings. The standard InChI is InChI=1S/C17H17N3O/c1-11-15(19-10-18-11)9-13-6-7-14-8-12-4-2-3-5-16(12)20(14)17(13)21/h2-5,8,10,13H,6-7,9H2,1H3,(H,18,19). The van der Waals surface area contributed by atoms with Crippen LogP contribution in [0.2, 0.25) is 0 Å². The maximum Gasteiger partial charge on any atom is 0.234 e. The number of H-pyrrole nitrogens is 1. The zero-order valence-electron chi connectivity index (χ0n) is 12.0. The number of hydrogen-bond acceptors (Lipinski definition) is 2. The van der Waals surface area contributed by atoms with Crippen LogP contribution in [0.5, 0.6) is 0 Å². The normalized spacial score (nSPS) is 18.1. The van der Waals surface area contributed by atoms with E-state index in [2.05, 4.69) is 22.1 Å². The zero-order chi connectivity index (χ0) is 14.4. The molecule has 3 heterocycles. The minimum absolute atomic E-state index is 0.0234. The third-order valence-electron chi connectivity index (χ3n) is 4.48. The molecule has 0 aliphatic carbocycles. The van der Waals surface area contributed by atoms with Gasteiger partial charge < -0.3 is 4.98 Å². The van der Waals surface area contributed by atoms with Gasteiger partial charge in [0.05, 0.1) is 17.5 Å². The van der Waals surface area contributed by atoms with E-state index >= 15 is 0 Å². The number of rotatable bonds is 2. The van der Waals surface area contributed by atoms with Gasteiger partial charge in [-0.05, 0) is 31.9 Å². The van der Waals surface area contributed by atoms with Gasteiger partial charge in [0.15, 0.2) is 0 Å². The third kappa shape index (κ3) is 1.90. The summed E-state index contributed by atoms with van der Waals surface area (Å²) in [4.78, 5) is 20.3. The average Bonchev–Trinajstić information content (AvgIpc) is 3.06. The monoisotopic (exact) mass is 279 g/mol. The van der Waals surface area contributed by atoms with Crippen molar-refractivity contribution in [3.05, 3.63) is 53.7 Å². The van der Waals surface area contributed by atoms with Crippen molar-refractivity contribution in [2.24, 2.45) is 5.92 Å². The van der Waals surface area contributed by atoms with Crippen molar-refractivity contribution >= 4 is 16.8 Å². The number of nitrogens with zero attached hydrogens (tertiary/aromatic N) is 2. The van der Waals surface area contributed by atoms with Crippen LogP contribution in [0.4, 0.5) is 0 Å². The van der Waals surface area contributed by atoms with Gasteiger partial charge in [0, 0.05) is 29.1 Å². The van der Waals surface area contributed by atoms with E-state index in [1.807, 2.05) is 29.7 Å². The first-order valence-corrected chi connectivity index (χ1v) is 7.36. The van der Waals surface area contributed by atoms with Crippen molar-refractivity contribution in [2.45, 2.75) is 26.2 Å². The van der Waals surface area contributed by atoms with E-state index in [1.54, 1.807) is 6.33 Å². The fourth-order valence-corrected chi connectivity index (χ4v) is 3.30. The van der Waals surface area contributed by atoms with Crippen molar-refractivity contribution in [3.8, 4) is 0 Å². The lowest BCUT2D eigenvalue weighted by atomic mass is 9.92. The number of carbonyl (C=O) groups excluding carboxylic acids is 1. The molecule has 0 fully saturated rings. The Hall–Kier alpha value is -2.36. The summed E-state index contributed by atoms with van der Waals surface area (Å²) in [5.41, 5.74) is 4.23. The Morgan fingerprint density at radius 2 is 2.24 bits per heavy atom. The quantitative estimate of drug-likeness (QED) is 0.783. The Bertz CT molecular complexity index is 828. The highest BCUT2D eigenvalue weighted by atomic mass is 16.2. The summed E-state index contributed by atoms with van der Waals surface area (Å²) in [5, 5.41) is 1.15. The number of imidazole rings is 1. The summed E-state index contributed by atoms with van der Waals surface area (Å²) in [6.07, 6.45) is 4.28. The second-order valence-electron chi connectivity index (χ2n) is 5.78. The first-order chi connectivity index (χ1) is 10.2. The summed E-state index contributed by atoms with van der Waals surface area (Å²) in [5.74, 6) is 0.232. The summed E-state index contributed by atoms with van der Waals surface area (Å²) in [7, 11) is 0. The van der Waals surface area contributed by atoms with Gasteiger partial charge in [-0.1, -0.05) is 18.2 Å². The predicted molar refractivity (Wildman–Crippen MR) is 81.4 cm³/mol. The SMILES string of the molecule is Cc1[nH]cnc1CC1CCc2cc3ccccc3n2C1=O. The maximum atomic E-state index is 12.9. The molecule has 1 unspecified atom stereocenters. The molecule has 2 aromatic heterocycles. The van der Waals surface area contributed by atoms with Crippen LogP contribution >= 0.6 is 0 Å². The molecule has 1 atom stereocenters. The minimum Gasteiger partial charge on any atom is -0.348 e. The molecule has 4 rings (SSSR count). The van der Waals surface area contributed by atoms with Crippen LogP contribution in [0.25, 0.3) is 10.9 Å². The fourth-order valence-electron chi connectivity index (χ4n) is 3.30. The molecule has 0 radical (unpaired) electrons. The molecular weight excluding hydrogens is 262 g/mol. The molecular formula is C17H17N3O. The van der Waals surface area contributed by atoms with E-state index in [-0.39, 0.29) is 11.8 Å². The molecule has 106 valence electrons. The second-order valence-corrected chi connectivity index (χ2v) is 5.78. The Morgan fingerprint density at radius 3 is 3.05 bits per heavy atom. The number of benzene rings is 1. The first kappa shape index (κ1) is 12.4. The smallest absolute Gasteiger partial charge is 0.234 e. The topological polar surface area (TPSA) is 50.7 Å². The summed E-state index contributed by atoms with van der Waals surface area (Å²) >= 11 is 0. The number of aromatic amines is 1. The fraction of sp³-hybridized carbons (Fsp3) is 0.294. The number of aryl methyl sites for hydroxylation is 2. The molecule has 1 N–H and O–H groups in total. The Kier molecular flexibility index (Phi) is 2.70. The maximum absolute atomic E-state index is 12.9. The Balaban J connectivity index is 1.73. The molecule has 0 amide bonds. The van der Waals surface area contributed by atoms with Crippen LogP contribution in [0.15, 0.2) is 36.7 Å². The van der Waals surface area contributed by atoms with Crippen LogP contribution in [0.1, 0.15) is 28.3 Å². The summed E-state index contributed by atoms with van der Waals surface area (Å²) in [6.45, 7) is 2.01. The molecule has 4 nitrogen and oxygen atoms in total. The minimum atomic E-state index is 0.0234. The molecule has 3 aromatic rings. The van der Waals surface area contributed by atoms with Gasteiger partial charge in [0.2, 0.25) is 5.91 Å². The second kappa shape index (κ2) is 4.58. The highest BCUT2D eigenvalue weighted by Gasteiger charge is 2.29. The number of para-hydroxylation sites is 1. The van der Waals surface area contributed by atoms with Gasteiger partial charge in [-0.25, -0.2) is 4.98 Å². The van der Waals surface area contributed by atoms with Crippen molar-refractivity contribution in [1.82, 2.24) is 14.5 Å². The number of fused-ring (bicyclic) bond motifs is 3. The number of hydrogen-bond donors (Lipinski definition) is 1. The Labute approximate surface area is 122 Å². The average molecular weight is 279 g/mol. The van der Waals surface area contributed by atoms with Crippen LogP contribution in [0, 0.1) is 12.8 Å². The van der Waals surface area contributed by atoms with Crippen LogP contribution in [-0.2, 0) is 12.8 Å². The van der Waals surface area contributed by atoms with Gasteiger partial charge in [0.25, 0.3) is 0 Å². The molecule has 1 aromatic carbocycles. The molecule has 0 bridgehead atoms. The number of nitrogens with one attached hydrogen (secondary N) is 1. The highest BCUT2D eigenvalue weighted by Crippen LogP contribution is 2.29. The molecule has 21 heavy (non-hydrogen) atoms. The first-order valence-electron chi connectivity index (χ1n) is 7.36. The molecule has 1 aliphatic heterocycles. The van der Waals surface area contributed by atoms with E-state index in [9.17, 15) is 4.79 Å². The van der Waals surface area contributed by atoms with E-state index < -0.39 is 0 Å². The van der Waals surface area contributed by atoms with Crippen LogP contribution in [-0.4, -0.2) is 20.4 Å². The van der Waals surface area contributed by atoms with Gasteiger partial charge in [-0.15, -0.1) is 0 Å². The lowest BCUT2D eigenvalue weighted by molar-refractivity contribution is 0.0808.